The van der Waals surface area contributed by atoms with Gasteiger partial charge < -0.3 is 15.3 Å². The van der Waals surface area contributed by atoms with E-state index < -0.39 is 0 Å². The van der Waals surface area contributed by atoms with Crippen LogP contribution >= 0.6 is 23.2 Å². The molecule has 2 amide bonds. The molecule has 5 nitrogen and oxygen atoms in total. The Kier molecular flexibility index (Phi) is 9.31. The lowest BCUT2D eigenvalue weighted by Gasteiger charge is -2.37. The fourth-order valence-corrected chi connectivity index (χ4v) is 4.39. The van der Waals surface area contributed by atoms with Crippen molar-refractivity contribution in [3.05, 3.63) is 105 Å². The maximum atomic E-state index is 12.7. The van der Waals surface area contributed by atoms with Gasteiger partial charge in [-0.25, -0.2) is 0 Å². The number of rotatable bonds is 7. The largest absolute Gasteiger partial charge is 0.395 e. The average molecular weight is 485 g/mol. The number of halogens is 2. The molecule has 0 radical (unpaired) electrons. The zero-order valence-electron chi connectivity index (χ0n) is 18.1. The van der Waals surface area contributed by atoms with Crippen molar-refractivity contribution >= 4 is 35.5 Å². The van der Waals surface area contributed by atoms with Gasteiger partial charge in [0.1, 0.15) is 0 Å². The van der Waals surface area contributed by atoms with Gasteiger partial charge >= 0.3 is 0 Å². The summed E-state index contributed by atoms with van der Waals surface area (Å²) in [6.07, 6.45) is 2.30. The lowest BCUT2D eigenvalue weighted by molar-refractivity contribution is -0.109. The highest BCUT2D eigenvalue weighted by molar-refractivity contribution is 6.35. The van der Waals surface area contributed by atoms with Crippen LogP contribution in [0.5, 0.6) is 0 Å². The number of carbonyl (C=O) groups excluding carboxylic acids is 2. The number of aliphatic hydroxyl groups is 1. The number of benzene rings is 3. The van der Waals surface area contributed by atoms with Crippen molar-refractivity contribution in [1.82, 2.24) is 10.2 Å². The number of carbonyl (C=O) groups is 2. The molecule has 0 fully saturated rings. The van der Waals surface area contributed by atoms with Crippen LogP contribution in [0.1, 0.15) is 33.1 Å². The Hall–Kier alpha value is -2.86. The van der Waals surface area contributed by atoms with Crippen LogP contribution in [-0.2, 0) is 17.6 Å². The number of β-amino-alcohol motifs (C(OH)–C–C–N with tert-alkyl or cyclic N) is 1. The van der Waals surface area contributed by atoms with Gasteiger partial charge in [-0.05, 0) is 47.7 Å². The fourth-order valence-electron chi connectivity index (χ4n) is 3.86. The molecule has 1 unspecified atom stereocenters. The lowest BCUT2D eigenvalue weighted by Crippen LogP contribution is -2.42. The van der Waals surface area contributed by atoms with E-state index in [1.54, 1.807) is 17.0 Å². The van der Waals surface area contributed by atoms with E-state index in [9.17, 15) is 14.7 Å². The molecule has 33 heavy (non-hydrogen) atoms. The standard InChI is InChI=1S/C17H15Cl2NO2.C9H11NO/c18-12-5-6-14(15(19)10-12)16-9-11-3-1-2-4-13(11)17(22)20(16)7-8-21;11-8-10-7-6-9-4-2-1-3-5-9/h1-6,10,16,21H,7-9H2;1-5,8H,6-7H2,(H,10,11). The summed E-state index contributed by atoms with van der Waals surface area (Å²) in [5, 5.41) is 13.0. The predicted octanol–water partition coefficient (Wildman–Crippen LogP) is 4.70. The number of aliphatic hydroxyl groups excluding tert-OH is 1. The average Bonchev–Trinajstić information content (AvgIpc) is 2.82. The van der Waals surface area contributed by atoms with Gasteiger partial charge in [0.15, 0.2) is 0 Å². The third-order valence-electron chi connectivity index (χ3n) is 5.44. The molecule has 0 saturated heterocycles. The van der Waals surface area contributed by atoms with E-state index in [0.717, 1.165) is 24.0 Å². The summed E-state index contributed by atoms with van der Waals surface area (Å²) in [5.41, 5.74) is 3.79. The first-order valence-corrected chi connectivity index (χ1v) is 11.5. The molecule has 0 bridgehead atoms. The van der Waals surface area contributed by atoms with E-state index >= 15 is 0 Å². The Morgan fingerprint density at radius 1 is 1.03 bits per heavy atom. The molecule has 1 aliphatic heterocycles. The van der Waals surface area contributed by atoms with Crippen LogP contribution in [0.2, 0.25) is 10.0 Å². The van der Waals surface area contributed by atoms with Crippen LogP contribution in [0.3, 0.4) is 0 Å². The highest BCUT2D eigenvalue weighted by atomic mass is 35.5. The molecule has 7 heteroatoms. The second kappa shape index (κ2) is 12.4. The van der Waals surface area contributed by atoms with Crippen LogP contribution < -0.4 is 5.32 Å². The van der Waals surface area contributed by atoms with Gasteiger partial charge in [0.05, 0.1) is 12.6 Å². The van der Waals surface area contributed by atoms with E-state index in [1.165, 1.54) is 5.56 Å². The quantitative estimate of drug-likeness (QED) is 0.377. The van der Waals surface area contributed by atoms with Crippen molar-refractivity contribution in [3.63, 3.8) is 0 Å². The van der Waals surface area contributed by atoms with Gasteiger partial charge in [0.25, 0.3) is 5.91 Å². The lowest BCUT2D eigenvalue weighted by atomic mass is 9.89. The van der Waals surface area contributed by atoms with Crippen molar-refractivity contribution < 1.29 is 14.7 Å². The van der Waals surface area contributed by atoms with Crippen LogP contribution in [0.15, 0.2) is 72.8 Å². The van der Waals surface area contributed by atoms with Crippen molar-refractivity contribution in [2.45, 2.75) is 18.9 Å². The Balaban J connectivity index is 0.000000235. The van der Waals surface area contributed by atoms with Crippen molar-refractivity contribution in [3.8, 4) is 0 Å². The third-order valence-corrected chi connectivity index (χ3v) is 6.01. The Morgan fingerprint density at radius 3 is 2.45 bits per heavy atom. The summed E-state index contributed by atoms with van der Waals surface area (Å²) >= 11 is 12.3. The SMILES string of the molecule is O=C1c2ccccc2CC(c2ccc(Cl)cc2Cl)N1CCO.O=CNCCc1ccccc1. The van der Waals surface area contributed by atoms with Crippen molar-refractivity contribution in [1.29, 1.82) is 0 Å². The molecule has 2 N–H and O–H groups in total. The van der Waals surface area contributed by atoms with Crippen LogP contribution in [0, 0.1) is 0 Å². The topological polar surface area (TPSA) is 69.6 Å². The number of nitrogens with one attached hydrogen (secondary N) is 1. The number of hydrogen-bond donors (Lipinski definition) is 2. The Labute approximate surface area is 203 Å². The molecule has 0 aromatic heterocycles. The van der Waals surface area contributed by atoms with Gasteiger partial charge in [-0.1, -0.05) is 77.8 Å². The first-order valence-electron chi connectivity index (χ1n) is 10.7. The van der Waals surface area contributed by atoms with Gasteiger partial charge in [0, 0.05) is 28.7 Å². The van der Waals surface area contributed by atoms with Crippen LogP contribution in [0.25, 0.3) is 0 Å². The highest BCUT2D eigenvalue weighted by Crippen LogP contribution is 2.37. The molecule has 1 heterocycles. The molecule has 0 spiro atoms. The molecule has 0 saturated carbocycles. The molecule has 1 atom stereocenters. The van der Waals surface area contributed by atoms with E-state index in [0.29, 0.717) is 28.6 Å². The number of hydrogen-bond acceptors (Lipinski definition) is 3. The summed E-state index contributed by atoms with van der Waals surface area (Å²) in [4.78, 5) is 24.3. The van der Waals surface area contributed by atoms with Crippen LogP contribution in [0.4, 0.5) is 0 Å². The smallest absolute Gasteiger partial charge is 0.254 e. The predicted molar refractivity (Wildman–Crippen MR) is 132 cm³/mol. The molecule has 0 aliphatic carbocycles. The van der Waals surface area contributed by atoms with Gasteiger partial charge in [-0.3, -0.25) is 9.59 Å². The number of nitrogens with zero attached hydrogens (tertiary/aromatic N) is 1. The third kappa shape index (κ3) is 6.57. The van der Waals surface area contributed by atoms with E-state index in [2.05, 4.69) is 5.32 Å². The van der Waals surface area contributed by atoms with E-state index in [-0.39, 0.29) is 25.1 Å². The summed E-state index contributed by atoms with van der Waals surface area (Å²) < 4.78 is 0. The molecule has 172 valence electrons. The first kappa shape index (κ1) is 24.8. The summed E-state index contributed by atoms with van der Waals surface area (Å²) in [5.74, 6) is -0.0769. The Bertz CT molecular complexity index is 1080. The van der Waals surface area contributed by atoms with Crippen molar-refractivity contribution in [2.24, 2.45) is 0 Å². The Morgan fingerprint density at radius 2 is 1.76 bits per heavy atom. The minimum atomic E-state index is -0.195. The molecule has 1 aliphatic rings. The minimum absolute atomic E-state index is 0.0769. The van der Waals surface area contributed by atoms with E-state index in [1.807, 2.05) is 60.7 Å². The summed E-state index contributed by atoms with van der Waals surface area (Å²) in [7, 11) is 0. The molecular weight excluding hydrogens is 459 g/mol. The molecule has 3 aromatic carbocycles. The zero-order chi connectivity index (χ0) is 23.6. The maximum Gasteiger partial charge on any atom is 0.254 e. The van der Waals surface area contributed by atoms with Crippen LogP contribution in [-0.4, -0.2) is 42.0 Å². The first-order chi connectivity index (χ1) is 16.0. The molecule has 3 aromatic rings. The summed E-state index contributed by atoms with van der Waals surface area (Å²) in [6.45, 7) is 0.903. The number of amides is 2. The van der Waals surface area contributed by atoms with Gasteiger partial charge in [-0.15, -0.1) is 0 Å². The normalized spacial score (nSPS) is 14.7. The number of fused-ring (bicyclic) bond motifs is 1. The van der Waals surface area contributed by atoms with Gasteiger partial charge in [0.2, 0.25) is 6.41 Å². The fraction of sp³-hybridized carbons (Fsp3) is 0.231. The molecule has 4 rings (SSSR count). The summed E-state index contributed by atoms with van der Waals surface area (Å²) in [6, 6.07) is 22.7. The van der Waals surface area contributed by atoms with Gasteiger partial charge in [-0.2, -0.15) is 0 Å². The van der Waals surface area contributed by atoms with E-state index in [4.69, 9.17) is 23.2 Å². The second-order valence-electron chi connectivity index (χ2n) is 7.57. The monoisotopic (exact) mass is 484 g/mol. The maximum absolute atomic E-state index is 12.7. The van der Waals surface area contributed by atoms with Crippen molar-refractivity contribution in [2.75, 3.05) is 19.7 Å². The second-order valence-corrected chi connectivity index (χ2v) is 8.42. The highest BCUT2D eigenvalue weighted by Gasteiger charge is 2.33. The minimum Gasteiger partial charge on any atom is -0.395 e. The molecular formula is C26H26Cl2N2O3. The zero-order valence-corrected chi connectivity index (χ0v) is 19.6.